The zero-order valence-corrected chi connectivity index (χ0v) is 8.80. The van der Waals surface area contributed by atoms with Gasteiger partial charge in [-0.1, -0.05) is 25.1 Å². The molecule has 2 heteroatoms. The minimum atomic E-state index is 0.450. The zero-order valence-electron chi connectivity index (χ0n) is 7.90. The molecule has 1 atom stereocenters. The van der Waals surface area contributed by atoms with Gasteiger partial charge in [-0.2, -0.15) is 12.6 Å². The van der Waals surface area contributed by atoms with Crippen molar-refractivity contribution in [3.05, 3.63) is 29.8 Å². The molecule has 1 heterocycles. The van der Waals surface area contributed by atoms with Gasteiger partial charge in [0.05, 0.1) is 0 Å². The Balaban J connectivity index is 2.18. The van der Waals surface area contributed by atoms with E-state index in [1.54, 1.807) is 0 Å². The van der Waals surface area contributed by atoms with E-state index < -0.39 is 0 Å². The molecule has 0 saturated heterocycles. The number of hydrogen-bond donors (Lipinski definition) is 1. The average Bonchev–Trinajstić information content (AvgIpc) is 2.48. The molecule has 13 heavy (non-hydrogen) atoms. The quantitative estimate of drug-likeness (QED) is 0.706. The second-order valence-electron chi connectivity index (χ2n) is 3.67. The first-order chi connectivity index (χ1) is 6.27. The topological polar surface area (TPSA) is 3.24 Å². The Morgan fingerprint density at radius 2 is 2.23 bits per heavy atom. The van der Waals surface area contributed by atoms with Gasteiger partial charge >= 0.3 is 0 Å². The molecule has 0 aliphatic carbocycles. The van der Waals surface area contributed by atoms with Gasteiger partial charge in [0.15, 0.2) is 0 Å². The summed E-state index contributed by atoms with van der Waals surface area (Å²) in [4.78, 5) is 2.42. The third-order valence-electron chi connectivity index (χ3n) is 2.47. The standard InChI is InChI=1S/C11H15NS/c1-9(13)8-12-7-6-10-4-2-3-5-11(10)12/h2-5,9,13H,6-8H2,1H3. The largest absolute Gasteiger partial charge is 0.370 e. The second kappa shape index (κ2) is 3.62. The monoisotopic (exact) mass is 193 g/mol. The van der Waals surface area contributed by atoms with Gasteiger partial charge in [-0.25, -0.2) is 0 Å². The summed E-state index contributed by atoms with van der Waals surface area (Å²) in [7, 11) is 0. The summed E-state index contributed by atoms with van der Waals surface area (Å²) < 4.78 is 0. The molecule has 0 saturated carbocycles. The normalized spacial score (nSPS) is 17.2. The molecule has 1 nitrogen and oxygen atoms in total. The number of para-hydroxylation sites is 1. The lowest BCUT2D eigenvalue weighted by atomic mass is 10.2. The predicted octanol–water partition coefficient (Wildman–Crippen LogP) is 2.37. The first-order valence-electron chi connectivity index (χ1n) is 4.78. The molecule has 0 N–H and O–H groups in total. The lowest BCUT2D eigenvalue weighted by Gasteiger charge is -2.20. The maximum atomic E-state index is 4.42. The summed E-state index contributed by atoms with van der Waals surface area (Å²) in [5.41, 5.74) is 2.89. The molecule has 0 fully saturated rings. The molecule has 1 unspecified atom stereocenters. The van der Waals surface area contributed by atoms with Gasteiger partial charge in [-0.15, -0.1) is 0 Å². The van der Waals surface area contributed by atoms with Gasteiger partial charge < -0.3 is 4.90 Å². The fourth-order valence-corrected chi connectivity index (χ4v) is 2.11. The maximum Gasteiger partial charge on any atom is 0.0399 e. The van der Waals surface area contributed by atoms with Crippen LogP contribution in [-0.2, 0) is 6.42 Å². The smallest absolute Gasteiger partial charge is 0.0399 e. The van der Waals surface area contributed by atoms with E-state index in [0.29, 0.717) is 5.25 Å². The van der Waals surface area contributed by atoms with Crippen molar-refractivity contribution in [2.45, 2.75) is 18.6 Å². The van der Waals surface area contributed by atoms with Crippen molar-refractivity contribution < 1.29 is 0 Å². The number of fused-ring (bicyclic) bond motifs is 1. The van der Waals surface area contributed by atoms with Gasteiger partial charge in [-0.3, -0.25) is 0 Å². The van der Waals surface area contributed by atoms with E-state index in [2.05, 4.69) is 48.7 Å². The lowest BCUT2D eigenvalue weighted by Crippen LogP contribution is -2.26. The number of anilines is 1. The van der Waals surface area contributed by atoms with Gasteiger partial charge in [0.2, 0.25) is 0 Å². The molecule has 2 rings (SSSR count). The first kappa shape index (κ1) is 8.95. The van der Waals surface area contributed by atoms with Crippen LogP contribution in [0.1, 0.15) is 12.5 Å². The van der Waals surface area contributed by atoms with Gasteiger partial charge in [0.1, 0.15) is 0 Å². The van der Waals surface area contributed by atoms with Crippen molar-refractivity contribution in [1.29, 1.82) is 0 Å². The number of nitrogens with zero attached hydrogens (tertiary/aromatic N) is 1. The number of benzene rings is 1. The highest BCUT2D eigenvalue weighted by Crippen LogP contribution is 2.27. The first-order valence-corrected chi connectivity index (χ1v) is 5.30. The Hall–Kier alpha value is -0.630. The fraction of sp³-hybridized carbons (Fsp3) is 0.455. The van der Waals surface area contributed by atoms with Crippen molar-refractivity contribution in [3.63, 3.8) is 0 Å². The highest BCUT2D eigenvalue weighted by Gasteiger charge is 2.18. The van der Waals surface area contributed by atoms with E-state index >= 15 is 0 Å². The number of hydrogen-bond acceptors (Lipinski definition) is 2. The van der Waals surface area contributed by atoms with Crippen LogP contribution in [0.2, 0.25) is 0 Å². The van der Waals surface area contributed by atoms with Gasteiger partial charge in [0, 0.05) is 24.0 Å². The van der Waals surface area contributed by atoms with Crippen molar-refractivity contribution in [2.75, 3.05) is 18.0 Å². The third kappa shape index (κ3) is 1.83. The van der Waals surface area contributed by atoms with Gasteiger partial charge in [-0.05, 0) is 18.1 Å². The van der Waals surface area contributed by atoms with E-state index in [4.69, 9.17) is 0 Å². The van der Waals surface area contributed by atoms with Crippen LogP contribution in [0, 0.1) is 0 Å². The highest BCUT2D eigenvalue weighted by molar-refractivity contribution is 7.80. The Morgan fingerprint density at radius 3 is 3.00 bits per heavy atom. The predicted molar refractivity (Wildman–Crippen MR) is 60.8 cm³/mol. The Bertz CT molecular complexity index is 296. The fourth-order valence-electron chi connectivity index (χ4n) is 1.92. The molecule has 0 aromatic heterocycles. The molecule has 0 amide bonds. The van der Waals surface area contributed by atoms with Crippen LogP contribution in [0.15, 0.2) is 24.3 Å². The zero-order chi connectivity index (χ0) is 9.26. The van der Waals surface area contributed by atoms with E-state index in [9.17, 15) is 0 Å². The Morgan fingerprint density at radius 1 is 1.46 bits per heavy atom. The minimum Gasteiger partial charge on any atom is -0.370 e. The van der Waals surface area contributed by atoms with Gasteiger partial charge in [0.25, 0.3) is 0 Å². The summed E-state index contributed by atoms with van der Waals surface area (Å²) in [6, 6.07) is 8.66. The number of rotatable bonds is 2. The molecule has 1 aromatic carbocycles. The Kier molecular flexibility index (Phi) is 2.49. The van der Waals surface area contributed by atoms with Crippen LogP contribution < -0.4 is 4.90 Å². The average molecular weight is 193 g/mol. The van der Waals surface area contributed by atoms with E-state index in [0.717, 1.165) is 13.1 Å². The summed E-state index contributed by atoms with van der Waals surface area (Å²) in [6.45, 7) is 4.36. The van der Waals surface area contributed by atoms with Crippen LogP contribution in [0.4, 0.5) is 5.69 Å². The van der Waals surface area contributed by atoms with Crippen molar-refractivity contribution in [1.82, 2.24) is 0 Å². The molecule has 0 radical (unpaired) electrons. The minimum absolute atomic E-state index is 0.450. The molecule has 1 aliphatic rings. The number of thiol groups is 1. The molecular formula is C11H15NS. The van der Waals surface area contributed by atoms with E-state index in [-0.39, 0.29) is 0 Å². The van der Waals surface area contributed by atoms with Crippen LogP contribution in [0.25, 0.3) is 0 Å². The van der Waals surface area contributed by atoms with Crippen molar-refractivity contribution in [3.8, 4) is 0 Å². The molecule has 1 aromatic rings. The summed E-state index contributed by atoms with van der Waals surface area (Å²) >= 11 is 4.42. The van der Waals surface area contributed by atoms with E-state index in [1.165, 1.54) is 17.7 Å². The maximum absolute atomic E-state index is 4.42. The van der Waals surface area contributed by atoms with Crippen LogP contribution in [0.5, 0.6) is 0 Å². The van der Waals surface area contributed by atoms with Crippen LogP contribution in [0.3, 0.4) is 0 Å². The third-order valence-corrected chi connectivity index (χ3v) is 2.63. The summed E-state index contributed by atoms with van der Waals surface area (Å²) in [5.74, 6) is 0. The molecule has 1 aliphatic heterocycles. The van der Waals surface area contributed by atoms with E-state index in [1.807, 2.05) is 0 Å². The summed E-state index contributed by atoms with van der Waals surface area (Å²) in [5, 5.41) is 0.450. The molecule has 0 bridgehead atoms. The Labute approximate surface area is 85.2 Å². The molecular weight excluding hydrogens is 178 g/mol. The molecule has 0 spiro atoms. The SMILES string of the molecule is CC(S)CN1CCc2ccccc21. The lowest BCUT2D eigenvalue weighted by molar-refractivity contribution is 0.810. The van der Waals surface area contributed by atoms with Crippen LogP contribution in [-0.4, -0.2) is 18.3 Å². The van der Waals surface area contributed by atoms with Crippen LogP contribution >= 0.6 is 12.6 Å². The molecule has 70 valence electrons. The second-order valence-corrected chi connectivity index (χ2v) is 4.56. The van der Waals surface area contributed by atoms with Crippen molar-refractivity contribution in [2.24, 2.45) is 0 Å². The van der Waals surface area contributed by atoms with Crippen molar-refractivity contribution >= 4 is 18.3 Å². The highest BCUT2D eigenvalue weighted by atomic mass is 32.1. The summed E-state index contributed by atoms with van der Waals surface area (Å²) in [6.07, 6.45) is 1.19.